The lowest BCUT2D eigenvalue weighted by molar-refractivity contribution is -0.383. The summed E-state index contributed by atoms with van der Waals surface area (Å²) in [5, 5.41) is 13.5. The van der Waals surface area contributed by atoms with Gasteiger partial charge in [-0.1, -0.05) is 36.4 Å². The van der Waals surface area contributed by atoms with Crippen LogP contribution in [-0.4, -0.2) is 33.4 Å². The average Bonchev–Trinajstić information content (AvgIpc) is 2.77. The van der Waals surface area contributed by atoms with Crippen molar-refractivity contribution < 1.29 is 9.72 Å². The molecule has 2 N–H and O–H groups in total. The largest absolute Gasteiger partial charge is 0.355 e. The number of piperidine rings is 1. The van der Waals surface area contributed by atoms with E-state index in [2.05, 4.69) is 20.8 Å². The Hall–Kier alpha value is -3.75. The maximum absolute atomic E-state index is 12.8. The lowest BCUT2D eigenvalue weighted by Crippen LogP contribution is -2.38. The van der Waals surface area contributed by atoms with Crippen molar-refractivity contribution in [2.45, 2.75) is 32.2 Å². The number of hydrogen-bond acceptors (Lipinski definition) is 7. The number of hydrazine groups is 1. The van der Waals surface area contributed by atoms with Gasteiger partial charge in [0.2, 0.25) is 11.6 Å². The normalized spacial score (nSPS) is 16.3. The van der Waals surface area contributed by atoms with Gasteiger partial charge in [-0.3, -0.25) is 25.8 Å². The highest BCUT2D eigenvalue weighted by molar-refractivity contribution is 6.07. The van der Waals surface area contributed by atoms with Crippen molar-refractivity contribution in [3.8, 4) is 0 Å². The van der Waals surface area contributed by atoms with Gasteiger partial charge < -0.3 is 4.90 Å². The van der Waals surface area contributed by atoms with Crippen molar-refractivity contribution in [1.82, 2.24) is 15.4 Å². The van der Waals surface area contributed by atoms with E-state index in [0.29, 0.717) is 12.1 Å². The minimum atomic E-state index is -0.511. The zero-order chi connectivity index (χ0) is 21.1. The fourth-order valence-corrected chi connectivity index (χ4v) is 3.86. The molecule has 1 aromatic heterocycles. The summed E-state index contributed by atoms with van der Waals surface area (Å²) >= 11 is 0. The molecule has 1 unspecified atom stereocenters. The zero-order valence-electron chi connectivity index (χ0n) is 16.5. The van der Waals surface area contributed by atoms with Gasteiger partial charge >= 0.3 is 5.69 Å². The number of nitro groups is 1. The quantitative estimate of drug-likeness (QED) is 0.491. The number of anilines is 2. The first-order valence-corrected chi connectivity index (χ1v) is 9.86. The summed E-state index contributed by atoms with van der Waals surface area (Å²) in [6.07, 6.45) is 4.26. The Morgan fingerprint density at radius 2 is 1.97 bits per heavy atom. The standard InChI is InChI=1S/C21H22N6O3/c1-14-7-4-5-12-26(14)20-18(27(29)30)19(22-13-23-20)24-25-21(28)17-11-6-9-15-8-2-3-10-16(15)17/h2-3,6,8-11,13-14H,4-5,7,12H2,1H3,(H,25,28)(H,22,23,24). The molecular weight excluding hydrogens is 384 g/mol. The number of rotatable bonds is 5. The Bertz CT molecular complexity index is 1100. The maximum atomic E-state index is 12.8. The summed E-state index contributed by atoms with van der Waals surface area (Å²) in [4.78, 5) is 34.2. The van der Waals surface area contributed by atoms with E-state index in [0.717, 1.165) is 30.0 Å². The van der Waals surface area contributed by atoms with Crippen LogP contribution in [0.25, 0.3) is 10.8 Å². The van der Waals surface area contributed by atoms with Gasteiger partial charge in [-0.15, -0.1) is 0 Å². The van der Waals surface area contributed by atoms with Crippen LogP contribution in [0, 0.1) is 10.1 Å². The van der Waals surface area contributed by atoms with Gasteiger partial charge in [0.05, 0.1) is 4.92 Å². The van der Waals surface area contributed by atoms with Crippen LogP contribution in [0.3, 0.4) is 0 Å². The van der Waals surface area contributed by atoms with E-state index in [9.17, 15) is 14.9 Å². The van der Waals surface area contributed by atoms with Crippen LogP contribution in [-0.2, 0) is 0 Å². The van der Waals surface area contributed by atoms with Gasteiger partial charge in [0.25, 0.3) is 5.91 Å². The second-order valence-electron chi connectivity index (χ2n) is 7.30. The molecule has 0 radical (unpaired) electrons. The van der Waals surface area contributed by atoms with Crippen molar-refractivity contribution >= 4 is 34.0 Å². The van der Waals surface area contributed by atoms with Crippen LogP contribution < -0.4 is 15.8 Å². The van der Waals surface area contributed by atoms with E-state index in [4.69, 9.17) is 0 Å². The molecule has 1 fully saturated rings. The molecule has 30 heavy (non-hydrogen) atoms. The Morgan fingerprint density at radius 1 is 1.17 bits per heavy atom. The summed E-state index contributed by atoms with van der Waals surface area (Å²) in [5.41, 5.74) is 5.39. The number of aromatic nitrogens is 2. The molecule has 9 heteroatoms. The molecule has 1 amide bonds. The van der Waals surface area contributed by atoms with Crippen LogP contribution in [0.5, 0.6) is 0 Å². The fourth-order valence-electron chi connectivity index (χ4n) is 3.86. The van der Waals surface area contributed by atoms with Crippen LogP contribution in [0.15, 0.2) is 48.8 Å². The molecule has 2 heterocycles. The average molecular weight is 406 g/mol. The maximum Gasteiger partial charge on any atom is 0.355 e. The molecule has 1 saturated heterocycles. The molecule has 0 aliphatic carbocycles. The summed E-state index contributed by atoms with van der Waals surface area (Å²) in [6, 6.07) is 13.1. The Kier molecular flexibility index (Phi) is 5.42. The van der Waals surface area contributed by atoms with Crippen molar-refractivity contribution in [2.75, 3.05) is 16.9 Å². The van der Waals surface area contributed by atoms with E-state index in [-0.39, 0.29) is 23.4 Å². The predicted octanol–water partition coefficient (Wildman–Crippen LogP) is 3.67. The molecule has 2 aromatic carbocycles. The van der Waals surface area contributed by atoms with Gasteiger partial charge in [0.1, 0.15) is 6.33 Å². The Balaban J connectivity index is 1.61. The number of amides is 1. The molecule has 0 saturated carbocycles. The minimum absolute atomic E-state index is 0.0450. The third kappa shape index (κ3) is 3.73. The molecule has 0 bridgehead atoms. The first-order valence-electron chi connectivity index (χ1n) is 9.86. The van der Waals surface area contributed by atoms with Crippen molar-refractivity contribution in [1.29, 1.82) is 0 Å². The van der Waals surface area contributed by atoms with Gasteiger partial charge in [0.15, 0.2) is 0 Å². The Morgan fingerprint density at radius 3 is 2.77 bits per heavy atom. The summed E-state index contributed by atoms with van der Waals surface area (Å²) in [6.45, 7) is 2.72. The smallest absolute Gasteiger partial charge is 0.348 e. The van der Waals surface area contributed by atoms with Crippen molar-refractivity contribution in [2.24, 2.45) is 0 Å². The second-order valence-corrected chi connectivity index (χ2v) is 7.30. The first kappa shape index (κ1) is 19.6. The molecule has 9 nitrogen and oxygen atoms in total. The van der Waals surface area contributed by atoms with E-state index < -0.39 is 10.8 Å². The number of nitrogens with zero attached hydrogens (tertiary/aromatic N) is 4. The highest BCUT2D eigenvalue weighted by Gasteiger charge is 2.31. The molecular formula is C21H22N6O3. The fraction of sp³-hybridized carbons (Fsp3) is 0.286. The van der Waals surface area contributed by atoms with Crippen molar-refractivity contribution in [3.05, 3.63) is 64.5 Å². The monoisotopic (exact) mass is 406 g/mol. The molecule has 3 aromatic rings. The van der Waals surface area contributed by atoms with E-state index >= 15 is 0 Å². The number of hydrogen-bond donors (Lipinski definition) is 2. The third-order valence-electron chi connectivity index (χ3n) is 5.39. The predicted molar refractivity (Wildman–Crippen MR) is 114 cm³/mol. The van der Waals surface area contributed by atoms with Gasteiger partial charge in [-0.2, -0.15) is 0 Å². The lowest BCUT2D eigenvalue weighted by Gasteiger charge is -2.33. The van der Waals surface area contributed by atoms with E-state index in [1.165, 1.54) is 6.33 Å². The number of carbonyl (C=O) groups excluding carboxylic acids is 1. The number of nitrogens with one attached hydrogen (secondary N) is 2. The second kappa shape index (κ2) is 8.32. The van der Waals surface area contributed by atoms with Crippen LogP contribution in [0.4, 0.5) is 17.3 Å². The number of carbonyl (C=O) groups is 1. The molecule has 154 valence electrons. The zero-order valence-corrected chi connectivity index (χ0v) is 16.5. The van der Waals surface area contributed by atoms with E-state index in [1.807, 2.05) is 42.2 Å². The Labute approximate surface area is 173 Å². The first-order chi connectivity index (χ1) is 14.6. The number of benzene rings is 2. The van der Waals surface area contributed by atoms with Crippen LogP contribution in [0.2, 0.25) is 0 Å². The van der Waals surface area contributed by atoms with Crippen molar-refractivity contribution in [3.63, 3.8) is 0 Å². The van der Waals surface area contributed by atoms with Gasteiger partial charge in [0, 0.05) is 18.2 Å². The highest BCUT2D eigenvalue weighted by atomic mass is 16.6. The van der Waals surface area contributed by atoms with E-state index in [1.54, 1.807) is 12.1 Å². The molecule has 1 aliphatic rings. The lowest BCUT2D eigenvalue weighted by atomic mass is 10.0. The highest BCUT2D eigenvalue weighted by Crippen LogP contribution is 2.34. The molecule has 4 rings (SSSR count). The molecule has 0 spiro atoms. The van der Waals surface area contributed by atoms with Gasteiger partial charge in [-0.25, -0.2) is 9.97 Å². The summed E-state index contributed by atoms with van der Waals surface area (Å²) < 4.78 is 0. The van der Waals surface area contributed by atoms with Gasteiger partial charge in [-0.05, 0) is 43.0 Å². The molecule has 1 atom stereocenters. The SMILES string of the molecule is CC1CCCCN1c1ncnc(NNC(=O)c2cccc3ccccc23)c1[N+](=O)[O-]. The third-order valence-corrected chi connectivity index (χ3v) is 5.39. The summed E-state index contributed by atoms with van der Waals surface area (Å²) in [5.74, 6) is -0.187. The topological polar surface area (TPSA) is 113 Å². The van der Waals surface area contributed by atoms with Crippen LogP contribution >= 0.6 is 0 Å². The van der Waals surface area contributed by atoms with Crippen LogP contribution in [0.1, 0.15) is 36.5 Å². The number of fused-ring (bicyclic) bond motifs is 1. The molecule has 1 aliphatic heterocycles. The minimum Gasteiger partial charge on any atom is -0.348 e. The summed E-state index contributed by atoms with van der Waals surface area (Å²) in [7, 11) is 0.